The third-order valence-corrected chi connectivity index (χ3v) is 3.25. The Hall–Kier alpha value is -1.96. The van der Waals surface area contributed by atoms with Gasteiger partial charge in [0.15, 0.2) is 0 Å². The fourth-order valence-corrected chi connectivity index (χ4v) is 2.13. The van der Waals surface area contributed by atoms with Gasteiger partial charge in [0.05, 0.1) is 17.1 Å². The Bertz CT molecular complexity index is 612. The number of hydrogen-bond acceptors (Lipinski definition) is 2. The lowest BCUT2D eigenvalue weighted by Gasteiger charge is -2.10. The van der Waals surface area contributed by atoms with Crippen LogP contribution in [0.4, 0.5) is 0 Å². The molecule has 2 aromatic rings. The predicted molar refractivity (Wildman–Crippen MR) is 80.9 cm³/mol. The molecule has 19 heavy (non-hydrogen) atoms. The van der Waals surface area contributed by atoms with Crippen molar-refractivity contribution in [3.05, 3.63) is 53.4 Å². The van der Waals surface area contributed by atoms with Crippen LogP contribution >= 0.6 is 0 Å². The normalized spacial score (nSPS) is 11.7. The minimum absolute atomic E-state index is 0.978. The zero-order valence-electron chi connectivity index (χ0n) is 12.1. The van der Waals surface area contributed by atoms with Crippen molar-refractivity contribution in [3.8, 4) is 11.4 Å². The summed E-state index contributed by atoms with van der Waals surface area (Å²) in [6.45, 7) is 8.40. The molecule has 0 fully saturated rings. The molecule has 0 saturated carbocycles. The van der Waals surface area contributed by atoms with E-state index in [-0.39, 0.29) is 0 Å². The summed E-state index contributed by atoms with van der Waals surface area (Å²) in [4.78, 5) is 9.26. The molecule has 2 nitrogen and oxygen atoms in total. The van der Waals surface area contributed by atoms with Crippen LogP contribution in [0.25, 0.3) is 17.0 Å². The van der Waals surface area contributed by atoms with E-state index in [1.165, 1.54) is 5.57 Å². The smallest absolute Gasteiger partial charge is 0.0925 e. The molecule has 0 aliphatic carbocycles. The van der Waals surface area contributed by atoms with E-state index in [2.05, 4.69) is 57.0 Å². The Kier molecular flexibility index (Phi) is 4.10. The van der Waals surface area contributed by atoms with Crippen molar-refractivity contribution in [2.75, 3.05) is 0 Å². The molecule has 0 spiro atoms. The first-order valence-electron chi connectivity index (χ1n) is 6.70. The van der Waals surface area contributed by atoms with Crippen molar-refractivity contribution in [2.24, 2.45) is 0 Å². The van der Waals surface area contributed by atoms with E-state index in [0.29, 0.717) is 0 Å². The number of allylic oxidation sites excluding steroid dienone is 2. The van der Waals surface area contributed by atoms with Crippen LogP contribution in [0.15, 0.2) is 36.5 Å². The second kappa shape index (κ2) is 5.79. The van der Waals surface area contributed by atoms with Gasteiger partial charge >= 0.3 is 0 Å². The first kappa shape index (κ1) is 13.5. The maximum absolute atomic E-state index is 4.79. The van der Waals surface area contributed by atoms with Gasteiger partial charge in [0.2, 0.25) is 0 Å². The minimum Gasteiger partial charge on any atom is -0.254 e. The SMILES string of the molecule is CC/C=C(\C)c1ccc(C)c(-c2ncccc2C)n1. The average molecular weight is 252 g/mol. The molecule has 2 rings (SSSR count). The summed E-state index contributed by atoms with van der Waals surface area (Å²) in [6.07, 6.45) is 5.05. The van der Waals surface area contributed by atoms with Gasteiger partial charge in [0.1, 0.15) is 0 Å². The molecule has 2 heterocycles. The highest BCUT2D eigenvalue weighted by Crippen LogP contribution is 2.24. The zero-order valence-corrected chi connectivity index (χ0v) is 12.1. The topological polar surface area (TPSA) is 25.8 Å². The van der Waals surface area contributed by atoms with E-state index in [1.807, 2.05) is 12.3 Å². The van der Waals surface area contributed by atoms with Crippen molar-refractivity contribution in [3.63, 3.8) is 0 Å². The van der Waals surface area contributed by atoms with E-state index >= 15 is 0 Å². The Morgan fingerprint density at radius 2 is 1.84 bits per heavy atom. The molecule has 98 valence electrons. The molecular weight excluding hydrogens is 232 g/mol. The molecule has 0 aliphatic rings. The quantitative estimate of drug-likeness (QED) is 0.799. The summed E-state index contributed by atoms with van der Waals surface area (Å²) in [5, 5.41) is 0. The number of aryl methyl sites for hydroxylation is 2. The second-order valence-electron chi connectivity index (χ2n) is 4.83. The van der Waals surface area contributed by atoms with Gasteiger partial charge in [0.25, 0.3) is 0 Å². The van der Waals surface area contributed by atoms with Gasteiger partial charge in [-0.3, -0.25) is 4.98 Å². The number of aromatic nitrogens is 2. The van der Waals surface area contributed by atoms with E-state index in [0.717, 1.165) is 34.6 Å². The maximum Gasteiger partial charge on any atom is 0.0925 e. The monoisotopic (exact) mass is 252 g/mol. The van der Waals surface area contributed by atoms with Gasteiger partial charge in [-0.2, -0.15) is 0 Å². The number of pyridine rings is 2. The van der Waals surface area contributed by atoms with Gasteiger partial charge in [-0.25, -0.2) is 4.98 Å². The molecular formula is C17H20N2. The number of rotatable bonds is 3. The fraction of sp³-hybridized carbons (Fsp3) is 0.294. The highest BCUT2D eigenvalue weighted by atomic mass is 14.8. The first-order valence-corrected chi connectivity index (χ1v) is 6.70. The highest BCUT2D eigenvalue weighted by molar-refractivity contribution is 5.67. The summed E-state index contributed by atoms with van der Waals surface area (Å²) in [5.74, 6) is 0. The van der Waals surface area contributed by atoms with Gasteiger partial charge in [-0.05, 0) is 56.0 Å². The van der Waals surface area contributed by atoms with E-state index in [9.17, 15) is 0 Å². The van der Waals surface area contributed by atoms with Crippen molar-refractivity contribution in [1.29, 1.82) is 0 Å². The van der Waals surface area contributed by atoms with Gasteiger partial charge in [0, 0.05) is 6.20 Å². The summed E-state index contributed by atoms with van der Waals surface area (Å²) in [6, 6.07) is 8.24. The maximum atomic E-state index is 4.79. The largest absolute Gasteiger partial charge is 0.254 e. The molecule has 0 aliphatic heterocycles. The van der Waals surface area contributed by atoms with Crippen molar-refractivity contribution >= 4 is 5.57 Å². The van der Waals surface area contributed by atoms with Crippen LogP contribution < -0.4 is 0 Å². The lowest BCUT2D eigenvalue weighted by Crippen LogP contribution is -1.97. The summed E-state index contributed by atoms with van der Waals surface area (Å²) in [7, 11) is 0. The van der Waals surface area contributed by atoms with Crippen LogP contribution in [-0.2, 0) is 0 Å². The van der Waals surface area contributed by atoms with E-state index in [4.69, 9.17) is 4.98 Å². The van der Waals surface area contributed by atoms with Crippen LogP contribution in [0, 0.1) is 13.8 Å². The van der Waals surface area contributed by atoms with E-state index < -0.39 is 0 Å². The third kappa shape index (κ3) is 2.90. The highest BCUT2D eigenvalue weighted by Gasteiger charge is 2.09. The second-order valence-corrected chi connectivity index (χ2v) is 4.83. The lowest BCUT2D eigenvalue weighted by molar-refractivity contribution is 1.16. The zero-order chi connectivity index (χ0) is 13.8. The predicted octanol–water partition coefficient (Wildman–Crippen LogP) is 4.57. The van der Waals surface area contributed by atoms with Crippen LogP contribution in [0.3, 0.4) is 0 Å². The minimum atomic E-state index is 0.978. The number of hydrogen-bond donors (Lipinski definition) is 0. The van der Waals surface area contributed by atoms with Crippen molar-refractivity contribution < 1.29 is 0 Å². The summed E-state index contributed by atoms with van der Waals surface area (Å²) < 4.78 is 0. The Morgan fingerprint density at radius 3 is 2.53 bits per heavy atom. The molecule has 0 unspecified atom stereocenters. The van der Waals surface area contributed by atoms with Crippen LogP contribution in [0.1, 0.15) is 37.1 Å². The first-order chi connectivity index (χ1) is 9.13. The third-order valence-electron chi connectivity index (χ3n) is 3.25. The Morgan fingerprint density at radius 1 is 1.11 bits per heavy atom. The van der Waals surface area contributed by atoms with Gasteiger partial charge in [-0.1, -0.05) is 25.1 Å². The summed E-state index contributed by atoms with van der Waals surface area (Å²) >= 11 is 0. The molecule has 2 aromatic heterocycles. The Balaban J connectivity index is 2.55. The Labute approximate surface area is 115 Å². The van der Waals surface area contributed by atoms with Crippen LogP contribution in [0.2, 0.25) is 0 Å². The lowest BCUT2D eigenvalue weighted by atomic mass is 10.1. The van der Waals surface area contributed by atoms with Gasteiger partial charge < -0.3 is 0 Å². The fourth-order valence-electron chi connectivity index (χ4n) is 2.13. The van der Waals surface area contributed by atoms with Crippen molar-refractivity contribution in [1.82, 2.24) is 9.97 Å². The number of nitrogens with zero attached hydrogens (tertiary/aromatic N) is 2. The molecule has 2 heteroatoms. The summed E-state index contributed by atoms with van der Waals surface area (Å²) in [5.41, 5.74) is 6.54. The van der Waals surface area contributed by atoms with Crippen LogP contribution in [-0.4, -0.2) is 9.97 Å². The molecule has 0 atom stereocenters. The molecule has 0 amide bonds. The van der Waals surface area contributed by atoms with Gasteiger partial charge in [-0.15, -0.1) is 0 Å². The van der Waals surface area contributed by atoms with Crippen molar-refractivity contribution in [2.45, 2.75) is 34.1 Å². The molecule has 0 saturated heterocycles. The van der Waals surface area contributed by atoms with E-state index in [1.54, 1.807) is 0 Å². The molecule has 0 aromatic carbocycles. The molecule has 0 radical (unpaired) electrons. The standard InChI is InChI=1S/C17H20N2/c1-5-7-12(2)15-10-9-14(4)17(19-15)16-13(3)8-6-11-18-16/h6-11H,5H2,1-4H3/b12-7+. The molecule has 0 N–H and O–H groups in total. The average Bonchev–Trinajstić information content (AvgIpc) is 2.40. The van der Waals surface area contributed by atoms with Crippen LogP contribution in [0.5, 0.6) is 0 Å². The molecule has 0 bridgehead atoms.